The molecule has 1 fully saturated rings. The fourth-order valence-electron chi connectivity index (χ4n) is 3.09. The van der Waals surface area contributed by atoms with E-state index in [2.05, 4.69) is 5.32 Å². The Hall–Kier alpha value is -1.95. The molecule has 2 heterocycles. The van der Waals surface area contributed by atoms with Crippen LogP contribution >= 0.6 is 11.3 Å². The van der Waals surface area contributed by atoms with Crippen molar-refractivity contribution >= 4 is 43.0 Å². The molecule has 1 aliphatic heterocycles. The number of carbonyl (C=O) groups is 1. The average molecular weight is 458 g/mol. The molecule has 1 saturated heterocycles. The van der Waals surface area contributed by atoms with Crippen LogP contribution in [0.5, 0.6) is 0 Å². The van der Waals surface area contributed by atoms with E-state index in [9.17, 15) is 21.6 Å². The Balaban J connectivity index is 2.03. The summed E-state index contributed by atoms with van der Waals surface area (Å²) in [4.78, 5) is 12.2. The second-order valence-electron chi connectivity index (χ2n) is 6.51. The number of anilines is 1. The van der Waals surface area contributed by atoms with Gasteiger partial charge in [0, 0.05) is 19.6 Å². The van der Waals surface area contributed by atoms with Gasteiger partial charge in [-0.2, -0.15) is 4.31 Å². The molecule has 158 valence electrons. The highest BCUT2D eigenvalue weighted by atomic mass is 32.2. The van der Waals surface area contributed by atoms with Crippen LogP contribution in [0.15, 0.2) is 50.9 Å². The molecule has 0 radical (unpaired) electrons. The van der Waals surface area contributed by atoms with E-state index in [0.29, 0.717) is 19.6 Å². The number of nitrogens with one attached hydrogen (secondary N) is 1. The first-order chi connectivity index (χ1) is 13.8. The SMILES string of the molecule is CCNC(=O)CN(c1cccc(S(=O)(=O)N2CCCC2)c1)S(=O)(=O)c1cccs1. The van der Waals surface area contributed by atoms with Crippen molar-refractivity contribution in [2.45, 2.75) is 28.9 Å². The van der Waals surface area contributed by atoms with Gasteiger partial charge in [-0.1, -0.05) is 12.1 Å². The van der Waals surface area contributed by atoms with E-state index in [4.69, 9.17) is 0 Å². The Morgan fingerprint density at radius 3 is 2.48 bits per heavy atom. The van der Waals surface area contributed by atoms with Gasteiger partial charge >= 0.3 is 0 Å². The first-order valence-corrected chi connectivity index (χ1v) is 13.0. The minimum absolute atomic E-state index is 0.0131. The lowest BCUT2D eigenvalue weighted by atomic mass is 10.3. The molecule has 0 atom stereocenters. The number of hydrogen-bond donors (Lipinski definition) is 1. The zero-order valence-electron chi connectivity index (χ0n) is 15.9. The van der Waals surface area contributed by atoms with Gasteiger partial charge in [-0.15, -0.1) is 11.3 Å². The summed E-state index contributed by atoms with van der Waals surface area (Å²) in [6, 6.07) is 8.81. The maximum Gasteiger partial charge on any atom is 0.274 e. The Morgan fingerprint density at radius 2 is 1.86 bits per heavy atom. The first-order valence-electron chi connectivity index (χ1n) is 9.20. The topological polar surface area (TPSA) is 104 Å². The number of benzene rings is 1. The first kappa shape index (κ1) is 21.8. The molecular formula is C18H23N3O5S3. The second-order valence-corrected chi connectivity index (χ2v) is 11.5. The Labute approximate surface area is 175 Å². The minimum Gasteiger partial charge on any atom is -0.355 e. The quantitative estimate of drug-likeness (QED) is 0.652. The van der Waals surface area contributed by atoms with Crippen molar-refractivity contribution in [1.82, 2.24) is 9.62 Å². The van der Waals surface area contributed by atoms with Crippen LogP contribution in [-0.2, 0) is 24.8 Å². The molecule has 1 aromatic carbocycles. The molecule has 1 aromatic heterocycles. The number of amides is 1. The fraction of sp³-hybridized carbons (Fsp3) is 0.389. The summed E-state index contributed by atoms with van der Waals surface area (Å²) in [6.07, 6.45) is 1.60. The van der Waals surface area contributed by atoms with Gasteiger partial charge < -0.3 is 5.32 Å². The monoisotopic (exact) mass is 457 g/mol. The number of likely N-dealkylation sites (N-methyl/N-ethyl adjacent to an activating group) is 1. The van der Waals surface area contributed by atoms with Gasteiger partial charge in [0.25, 0.3) is 10.0 Å². The molecule has 0 spiro atoms. The van der Waals surface area contributed by atoms with Crippen LogP contribution < -0.4 is 9.62 Å². The van der Waals surface area contributed by atoms with Crippen LogP contribution in [0, 0.1) is 0 Å². The lowest BCUT2D eigenvalue weighted by Crippen LogP contribution is -2.40. The van der Waals surface area contributed by atoms with Crippen molar-refractivity contribution in [2.24, 2.45) is 0 Å². The van der Waals surface area contributed by atoms with Gasteiger partial charge in [0.1, 0.15) is 10.8 Å². The summed E-state index contributed by atoms with van der Waals surface area (Å²) in [6.45, 7) is 2.54. The smallest absolute Gasteiger partial charge is 0.274 e. The third kappa shape index (κ3) is 4.63. The minimum atomic E-state index is -4.02. The van der Waals surface area contributed by atoms with Crippen molar-refractivity contribution in [3.8, 4) is 0 Å². The van der Waals surface area contributed by atoms with E-state index < -0.39 is 32.5 Å². The highest BCUT2D eigenvalue weighted by Gasteiger charge is 2.31. The van der Waals surface area contributed by atoms with Gasteiger partial charge in [0.15, 0.2) is 0 Å². The third-order valence-electron chi connectivity index (χ3n) is 4.51. The van der Waals surface area contributed by atoms with E-state index in [1.165, 1.54) is 34.6 Å². The van der Waals surface area contributed by atoms with E-state index in [0.717, 1.165) is 28.5 Å². The fourth-order valence-corrected chi connectivity index (χ4v) is 7.17. The van der Waals surface area contributed by atoms with Crippen LogP contribution in [0.1, 0.15) is 19.8 Å². The number of thiophene rings is 1. The molecule has 1 amide bonds. The Kier molecular flexibility index (Phi) is 6.62. The maximum atomic E-state index is 13.1. The molecule has 8 nitrogen and oxygen atoms in total. The summed E-state index contributed by atoms with van der Waals surface area (Å²) in [5.74, 6) is -0.472. The molecule has 1 N–H and O–H groups in total. The third-order valence-corrected chi connectivity index (χ3v) is 9.55. The van der Waals surface area contributed by atoms with Crippen LogP contribution in [-0.4, -0.2) is 53.2 Å². The van der Waals surface area contributed by atoms with Gasteiger partial charge in [0.05, 0.1) is 10.6 Å². The summed E-state index contributed by atoms with van der Waals surface area (Å²) < 4.78 is 54.5. The highest BCUT2D eigenvalue weighted by Crippen LogP contribution is 2.29. The van der Waals surface area contributed by atoms with Gasteiger partial charge in [-0.25, -0.2) is 16.8 Å². The van der Waals surface area contributed by atoms with Gasteiger partial charge in [-0.3, -0.25) is 9.10 Å². The normalized spacial score (nSPS) is 15.3. The molecule has 29 heavy (non-hydrogen) atoms. The summed E-state index contributed by atoms with van der Waals surface area (Å²) in [7, 11) is -7.74. The van der Waals surface area contributed by atoms with E-state index in [1.807, 2.05) is 0 Å². The Morgan fingerprint density at radius 1 is 1.14 bits per heavy atom. The zero-order chi connectivity index (χ0) is 21.1. The molecule has 2 aromatic rings. The van der Waals surface area contributed by atoms with Gasteiger partial charge in [-0.05, 0) is 49.4 Å². The van der Waals surface area contributed by atoms with Crippen molar-refractivity contribution < 1.29 is 21.6 Å². The molecule has 1 aliphatic rings. The second kappa shape index (κ2) is 8.82. The van der Waals surface area contributed by atoms with Crippen LogP contribution in [0.2, 0.25) is 0 Å². The highest BCUT2D eigenvalue weighted by molar-refractivity contribution is 7.94. The molecule has 0 unspecified atom stereocenters. The van der Waals surface area contributed by atoms with Crippen molar-refractivity contribution in [3.63, 3.8) is 0 Å². The van der Waals surface area contributed by atoms with Crippen molar-refractivity contribution in [1.29, 1.82) is 0 Å². The predicted molar refractivity (Wildman–Crippen MR) is 112 cm³/mol. The lowest BCUT2D eigenvalue weighted by Gasteiger charge is -2.24. The summed E-state index contributed by atoms with van der Waals surface area (Å²) >= 11 is 1.04. The molecule has 0 aliphatic carbocycles. The number of nitrogens with zero attached hydrogens (tertiary/aromatic N) is 2. The van der Waals surface area contributed by atoms with Crippen LogP contribution in [0.3, 0.4) is 0 Å². The van der Waals surface area contributed by atoms with Crippen LogP contribution in [0.25, 0.3) is 0 Å². The number of hydrogen-bond acceptors (Lipinski definition) is 6. The molecule has 0 saturated carbocycles. The predicted octanol–water partition coefficient (Wildman–Crippen LogP) is 1.86. The number of sulfonamides is 2. The molecule has 3 rings (SSSR count). The van der Waals surface area contributed by atoms with Crippen molar-refractivity contribution in [2.75, 3.05) is 30.5 Å². The zero-order valence-corrected chi connectivity index (χ0v) is 18.4. The lowest BCUT2D eigenvalue weighted by molar-refractivity contribution is -0.119. The largest absolute Gasteiger partial charge is 0.355 e. The van der Waals surface area contributed by atoms with E-state index in [1.54, 1.807) is 18.4 Å². The number of carbonyl (C=O) groups excluding carboxylic acids is 1. The molecule has 11 heteroatoms. The van der Waals surface area contributed by atoms with E-state index >= 15 is 0 Å². The van der Waals surface area contributed by atoms with E-state index in [-0.39, 0.29) is 14.8 Å². The maximum absolute atomic E-state index is 13.1. The summed E-state index contributed by atoms with van der Waals surface area (Å²) in [5.41, 5.74) is 0.130. The average Bonchev–Trinajstić information content (AvgIpc) is 3.40. The molecular weight excluding hydrogens is 434 g/mol. The van der Waals surface area contributed by atoms with Gasteiger partial charge in [0.2, 0.25) is 15.9 Å². The number of rotatable bonds is 8. The summed E-state index contributed by atoms with van der Waals surface area (Å²) in [5, 5.41) is 4.22. The van der Waals surface area contributed by atoms with Crippen molar-refractivity contribution in [3.05, 3.63) is 41.8 Å². The molecule has 0 bridgehead atoms. The standard InChI is InChI=1S/C18H23N3O5S3/c1-2-19-17(22)14-21(29(25,26)18-9-6-12-27-18)15-7-5-8-16(13-15)28(23,24)20-10-3-4-11-20/h5-9,12-13H,2-4,10-11,14H2,1H3,(H,19,22). The Bertz CT molecular complexity index is 1060. The van der Waals surface area contributed by atoms with Crippen LogP contribution in [0.4, 0.5) is 5.69 Å².